The van der Waals surface area contributed by atoms with Gasteiger partial charge in [0.15, 0.2) is 0 Å². The third-order valence-corrected chi connectivity index (χ3v) is 4.74. The van der Waals surface area contributed by atoms with Crippen LogP contribution in [0.1, 0.15) is 31.2 Å². The van der Waals surface area contributed by atoms with Crippen molar-refractivity contribution in [3.63, 3.8) is 0 Å². The van der Waals surface area contributed by atoms with Crippen molar-refractivity contribution in [1.29, 1.82) is 0 Å². The van der Waals surface area contributed by atoms with Crippen LogP contribution in [0.2, 0.25) is 0 Å². The number of aryl methyl sites for hydroxylation is 1. The zero-order valence-electron chi connectivity index (χ0n) is 13.6. The second-order valence-electron chi connectivity index (χ2n) is 6.66. The molecular formula is C20H20O4. The third kappa shape index (κ3) is 2.78. The van der Waals surface area contributed by atoms with E-state index in [0.29, 0.717) is 23.1 Å². The van der Waals surface area contributed by atoms with Crippen LogP contribution in [-0.2, 0) is 0 Å². The topological polar surface area (TPSA) is 59.7 Å². The van der Waals surface area contributed by atoms with Crippen LogP contribution in [0.25, 0.3) is 21.7 Å². The van der Waals surface area contributed by atoms with E-state index in [4.69, 9.17) is 9.15 Å². The third-order valence-electron chi connectivity index (χ3n) is 4.74. The molecule has 1 N–H and O–H groups in total. The molecule has 1 saturated carbocycles. The summed E-state index contributed by atoms with van der Waals surface area (Å²) in [5.74, 6) is 0.653. The number of benzene rings is 2. The lowest BCUT2D eigenvalue weighted by molar-refractivity contribution is 0.0537. The van der Waals surface area contributed by atoms with Gasteiger partial charge in [-0.3, -0.25) is 0 Å². The lowest BCUT2D eigenvalue weighted by atomic mass is 9.95. The highest BCUT2D eigenvalue weighted by atomic mass is 16.5. The molecule has 0 amide bonds. The maximum Gasteiger partial charge on any atom is 0.344 e. The Balaban J connectivity index is 1.75. The number of fused-ring (bicyclic) bond motifs is 3. The normalized spacial score (nSPS) is 21.2. The van der Waals surface area contributed by atoms with E-state index in [1.165, 1.54) is 0 Å². The standard InChI is InChI=1S/C20H20O4/c1-12-5-7-17-16-8-6-15(23-14-4-2-3-13(21)10-14)11-18(16)20(22)24-19(17)9-12/h5-9,11,13-14,21H,2-4,10H2,1H3. The van der Waals surface area contributed by atoms with Gasteiger partial charge < -0.3 is 14.3 Å². The van der Waals surface area contributed by atoms with Crippen molar-refractivity contribution in [2.75, 3.05) is 0 Å². The molecule has 1 fully saturated rings. The predicted octanol–water partition coefficient (Wildman–Crippen LogP) is 3.94. The van der Waals surface area contributed by atoms with Crippen LogP contribution >= 0.6 is 0 Å². The zero-order chi connectivity index (χ0) is 16.7. The SMILES string of the molecule is Cc1ccc2c(c1)oc(=O)c1cc(OC3CCCC(O)C3)ccc12. The molecule has 2 aromatic carbocycles. The second kappa shape index (κ2) is 5.95. The first-order chi connectivity index (χ1) is 11.6. The van der Waals surface area contributed by atoms with E-state index in [9.17, 15) is 9.90 Å². The van der Waals surface area contributed by atoms with E-state index in [1.54, 1.807) is 6.07 Å². The average molecular weight is 324 g/mol. The molecule has 124 valence electrons. The Hall–Kier alpha value is -2.33. The van der Waals surface area contributed by atoms with Crippen molar-refractivity contribution in [3.8, 4) is 5.75 Å². The molecule has 0 saturated heterocycles. The van der Waals surface area contributed by atoms with Gasteiger partial charge in [0, 0.05) is 17.2 Å². The molecule has 4 heteroatoms. The minimum absolute atomic E-state index is 0.00125. The summed E-state index contributed by atoms with van der Waals surface area (Å²) in [4.78, 5) is 12.3. The van der Waals surface area contributed by atoms with E-state index in [0.717, 1.165) is 35.6 Å². The highest BCUT2D eigenvalue weighted by Crippen LogP contribution is 2.29. The highest BCUT2D eigenvalue weighted by molar-refractivity contribution is 6.04. The van der Waals surface area contributed by atoms with Crippen LogP contribution in [-0.4, -0.2) is 17.3 Å². The van der Waals surface area contributed by atoms with Crippen LogP contribution in [0.5, 0.6) is 5.75 Å². The minimum Gasteiger partial charge on any atom is -0.490 e. The number of hydrogen-bond acceptors (Lipinski definition) is 4. The summed E-state index contributed by atoms with van der Waals surface area (Å²) in [6.07, 6.45) is 3.09. The number of aliphatic hydroxyl groups is 1. The fourth-order valence-electron chi connectivity index (χ4n) is 3.51. The maximum absolute atomic E-state index is 12.3. The van der Waals surface area contributed by atoms with Gasteiger partial charge in [-0.2, -0.15) is 0 Å². The summed E-state index contributed by atoms with van der Waals surface area (Å²) in [6.45, 7) is 1.97. The Morgan fingerprint density at radius 3 is 2.75 bits per heavy atom. The summed E-state index contributed by atoms with van der Waals surface area (Å²) >= 11 is 0. The van der Waals surface area contributed by atoms with E-state index >= 15 is 0 Å². The van der Waals surface area contributed by atoms with Gasteiger partial charge in [-0.05, 0) is 56.0 Å². The zero-order valence-corrected chi connectivity index (χ0v) is 13.6. The molecule has 3 aromatic rings. The van der Waals surface area contributed by atoms with Crippen molar-refractivity contribution >= 4 is 21.7 Å². The van der Waals surface area contributed by atoms with Crippen LogP contribution in [0, 0.1) is 6.92 Å². The summed E-state index contributed by atoms with van der Waals surface area (Å²) in [5.41, 5.74) is 1.31. The first-order valence-electron chi connectivity index (χ1n) is 8.42. The number of aliphatic hydroxyl groups excluding tert-OH is 1. The van der Waals surface area contributed by atoms with Crippen molar-refractivity contribution in [1.82, 2.24) is 0 Å². The lowest BCUT2D eigenvalue weighted by Crippen LogP contribution is -2.28. The molecule has 0 aliphatic heterocycles. The van der Waals surface area contributed by atoms with Crippen LogP contribution in [0.4, 0.5) is 0 Å². The minimum atomic E-state index is -0.350. The Bertz CT molecular complexity index is 957. The molecule has 1 aliphatic carbocycles. The first-order valence-corrected chi connectivity index (χ1v) is 8.42. The first kappa shape index (κ1) is 15.2. The van der Waals surface area contributed by atoms with E-state index in [1.807, 2.05) is 37.3 Å². The van der Waals surface area contributed by atoms with Crippen LogP contribution in [0.3, 0.4) is 0 Å². The quantitative estimate of drug-likeness (QED) is 0.573. The predicted molar refractivity (Wildman–Crippen MR) is 93.6 cm³/mol. The molecule has 2 atom stereocenters. The van der Waals surface area contributed by atoms with Gasteiger partial charge in [0.2, 0.25) is 0 Å². The van der Waals surface area contributed by atoms with Gasteiger partial charge in [0.1, 0.15) is 17.4 Å². The molecule has 1 aliphatic rings. The van der Waals surface area contributed by atoms with Crippen LogP contribution in [0.15, 0.2) is 45.6 Å². The number of hydrogen-bond donors (Lipinski definition) is 1. The van der Waals surface area contributed by atoms with Crippen molar-refractivity contribution in [3.05, 3.63) is 52.4 Å². The Kier molecular flexibility index (Phi) is 3.77. The Morgan fingerprint density at radius 1 is 1.08 bits per heavy atom. The van der Waals surface area contributed by atoms with Crippen molar-refractivity contribution < 1.29 is 14.3 Å². The molecule has 1 aromatic heterocycles. The Morgan fingerprint density at radius 2 is 1.92 bits per heavy atom. The van der Waals surface area contributed by atoms with Gasteiger partial charge >= 0.3 is 5.63 Å². The van der Waals surface area contributed by atoms with Gasteiger partial charge in [-0.25, -0.2) is 4.79 Å². The molecule has 0 spiro atoms. The smallest absolute Gasteiger partial charge is 0.344 e. The van der Waals surface area contributed by atoms with E-state index < -0.39 is 0 Å². The van der Waals surface area contributed by atoms with Crippen LogP contribution < -0.4 is 10.4 Å². The van der Waals surface area contributed by atoms with Gasteiger partial charge in [0.25, 0.3) is 0 Å². The molecule has 1 heterocycles. The summed E-state index contributed by atoms with van der Waals surface area (Å²) < 4.78 is 11.4. The second-order valence-corrected chi connectivity index (χ2v) is 6.66. The average Bonchev–Trinajstić information content (AvgIpc) is 2.55. The maximum atomic E-state index is 12.3. The van der Waals surface area contributed by atoms with Gasteiger partial charge in [0.05, 0.1) is 11.5 Å². The molecule has 24 heavy (non-hydrogen) atoms. The fourth-order valence-corrected chi connectivity index (χ4v) is 3.51. The Labute approximate surface area is 139 Å². The summed E-state index contributed by atoms with van der Waals surface area (Å²) in [5, 5.41) is 12.1. The van der Waals surface area contributed by atoms with E-state index in [2.05, 4.69) is 0 Å². The van der Waals surface area contributed by atoms with Crippen molar-refractivity contribution in [2.45, 2.75) is 44.8 Å². The summed E-state index contributed by atoms with van der Waals surface area (Å²) in [7, 11) is 0. The largest absolute Gasteiger partial charge is 0.490 e. The molecule has 4 nitrogen and oxygen atoms in total. The highest BCUT2D eigenvalue weighted by Gasteiger charge is 2.21. The lowest BCUT2D eigenvalue weighted by Gasteiger charge is -2.26. The fraction of sp³-hybridized carbons (Fsp3) is 0.350. The van der Waals surface area contributed by atoms with Gasteiger partial charge in [-0.1, -0.05) is 12.1 Å². The molecule has 2 unspecified atom stereocenters. The molecule has 0 radical (unpaired) electrons. The molecular weight excluding hydrogens is 304 g/mol. The van der Waals surface area contributed by atoms with E-state index in [-0.39, 0.29) is 17.8 Å². The molecule has 0 bridgehead atoms. The van der Waals surface area contributed by atoms with Gasteiger partial charge in [-0.15, -0.1) is 0 Å². The monoisotopic (exact) mass is 324 g/mol. The van der Waals surface area contributed by atoms with Crippen molar-refractivity contribution in [2.24, 2.45) is 0 Å². The number of ether oxygens (including phenoxy) is 1. The molecule has 4 rings (SSSR count). The summed E-state index contributed by atoms with van der Waals surface area (Å²) in [6, 6.07) is 11.4. The number of rotatable bonds is 2.